The van der Waals surface area contributed by atoms with Gasteiger partial charge in [-0.25, -0.2) is 4.57 Å². The zero-order chi connectivity index (χ0) is 17.0. The molecule has 0 unspecified atom stereocenters. The first-order chi connectivity index (χ1) is 11.5. The van der Waals surface area contributed by atoms with Gasteiger partial charge in [-0.15, -0.1) is 0 Å². The van der Waals surface area contributed by atoms with Gasteiger partial charge in [0.05, 0.1) is 5.30 Å². The third-order valence-electron chi connectivity index (χ3n) is 3.15. The molecule has 24 heavy (non-hydrogen) atoms. The number of hydrogen-bond acceptors (Lipinski definition) is 3. The van der Waals surface area contributed by atoms with Crippen LogP contribution in [-0.2, 0) is 4.57 Å². The lowest BCUT2D eigenvalue weighted by Gasteiger charge is -2.20. The molecule has 0 fully saturated rings. The van der Waals surface area contributed by atoms with Crippen LogP contribution in [0.1, 0.15) is 0 Å². The summed E-state index contributed by atoms with van der Waals surface area (Å²) in [6.45, 7) is 0. The molecular formula is C18H13Cl2O3P. The van der Waals surface area contributed by atoms with Crippen LogP contribution in [0.3, 0.4) is 0 Å². The zero-order valence-corrected chi connectivity index (χ0v) is 14.8. The summed E-state index contributed by atoms with van der Waals surface area (Å²) in [5, 5.41) is 1.58. The van der Waals surface area contributed by atoms with Gasteiger partial charge in [0.1, 0.15) is 11.5 Å². The van der Waals surface area contributed by atoms with Crippen LogP contribution in [0, 0.1) is 0 Å². The highest BCUT2D eigenvalue weighted by Gasteiger charge is 2.31. The van der Waals surface area contributed by atoms with Crippen molar-refractivity contribution in [2.75, 3.05) is 0 Å². The van der Waals surface area contributed by atoms with E-state index in [0.717, 1.165) is 0 Å². The minimum absolute atomic E-state index is 0.403. The van der Waals surface area contributed by atoms with Crippen LogP contribution in [0.5, 0.6) is 11.5 Å². The molecule has 0 aliphatic carbocycles. The first-order valence-electron chi connectivity index (χ1n) is 7.11. The molecule has 0 amide bonds. The van der Waals surface area contributed by atoms with Gasteiger partial charge < -0.3 is 9.05 Å². The molecule has 0 aromatic heterocycles. The van der Waals surface area contributed by atoms with Crippen molar-refractivity contribution in [3.63, 3.8) is 0 Å². The largest absolute Gasteiger partial charge is 0.462 e. The molecule has 3 aromatic rings. The van der Waals surface area contributed by atoms with Crippen LogP contribution in [-0.4, -0.2) is 0 Å². The van der Waals surface area contributed by atoms with Gasteiger partial charge in [-0.1, -0.05) is 41.4 Å². The molecule has 6 heteroatoms. The normalized spacial score (nSPS) is 11.1. The Balaban J connectivity index is 1.95. The van der Waals surface area contributed by atoms with E-state index in [1.165, 1.54) is 0 Å². The van der Waals surface area contributed by atoms with E-state index >= 15 is 0 Å². The van der Waals surface area contributed by atoms with E-state index in [-0.39, 0.29) is 0 Å². The topological polar surface area (TPSA) is 35.5 Å². The van der Waals surface area contributed by atoms with E-state index in [1.807, 2.05) is 6.07 Å². The zero-order valence-electron chi connectivity index (χ0n) is 12.4. The fraction of sp³-hybridized carbons (Fsp3) is 0. The Labute approximate surface area is 150 Å². The van der Waals surface area contributed by atoms with Gasteiger partial charge >= 0.3 is 7.60 Å². The summed E-state index contributed by atoms with van der Waals surface area (Å²) in [4.78, 5) is 0. The van der Waals surface area contributed by atoms with Crippen molar-refractivity contribution < 1.29 is 13.6 Å². The Kier molecular flexibility index (Phi) is 5.15. The molecular weight excluding hydrogens is 366 g/mol. The smallest absolute Gasteiger partial charge is 0.413 e. The molecule has 3 rings (SSSR count). The van der Waals surface area contributed by atoms with Crippen LogP contribution >= 0.6 is 30.8 Å². The SMILES string of the molecule is O=P(Oc1ccc(Cl)cc1)(Oc1ccc(Cl)cc1)c1ccccc1. The summed E-state index contributed by atoms with van der Waals surface area (Å²) >= 11 is 11.8. The highest BCUT2D eigenvalue weighted by Crippen LogP contribution is 2.47. The molecule has 0 saturated heterocycles. The molecule has 0 aliphatic heterocycles. The van der Waals surface area contributed by atoms with Crippen LogP contribution < -0.4 is 14.4 Å². The summed E-state index contributed by atoms with van der Waals surface area (Å²) < 4.78 is 24.9. The number of rotatable bonds is 5. The van der Waals surface area contributed by atoms with Crippen molar-refractivity contribution in [2.45, 2.75) is 0 Å². The number of benzene rings is 3. The molecule has 122 valence electrons. The third kappa shape index (κ3) is 4.12. The molecule has 0 radical (unpaired) electrons. The van der Waals surface area contributed by atoms with Crippen molar-refractivity contribution in [1.82, 2.24) is 0 Å². The van der Waals surface area contributed by atoms with Crippen LogP contribution in [0.4, 0.5) is 0 Å². The van der Waals surface area contributed by atoms with Crippen molar-refractivity contribution in [2.24, 2.45) is 0 Å². The predicted octanol–water partition coefficient (Wildman–Crippen LogP) is 5.97. The molecule has 0 N–H and O–H groups in total. The molecule has 0 heterocycles. The first-order valence-corrected chi connectivity index (χ1v) is 9.41. The van der Waals surface area contributed by atoms with Gasteiger partial charge in [0, 0.05) is 10.0 Å². The molecule has 3 aromatic carbocycles. The summed E-state index contributed by atoms with van der Waals surface area (Å²) in [7, 11) is -3.63. The average molecular weight is 379 g/mol. The average Bonchev–Trinajstić information content (AvgIpc) is 2.60. The van der Waals surface area contributed by atoms with Crippen LogP contribution in [0.15, 0.2) is 78.9 Å². The van der Waals surface area contributed by atoms with E-state index in [0.29, 0.717) is 26.8 Å². The third-order valence-corrected chi connectivity index (χ3v) is 5.49. The summed E-state index contributed by atoms with van der Waals surface area (Å²) in [6.07, 6.45) is 0. The van der Waals surface area contributed by atoms with Crippen LogP contribution in [0.2, 0.25) is 10.0 Å². The summed E-state index contributed by atoms with van der Waals surface area (Å²) in [5.41, 5.74) is 0. The molecule has 0 aliphatic rings. The second kappa shape index (κ2) is 7.31. The Morgan fingerprint density at radius 2 is 1.04 bits per heavy atom. The second-order valence-corrected chi connectivity index (χ2v) is 7.67. The maximum Gasteiger partial charge on any atom is 0.462 e. The standard InChI is InChI=1S/C18H13Cl2O3P/c19-14-6-10-16(11-7-14)22-24(21,18-4-2-1-3-5-18)23-17-12-8-15(20)9-13-17/h1-13H. The van der Waals surface area contributed by atoms with Crippen molar-refractivity contribution in [3.05, 3.63) is 88.9 Å². The van der Waals surface area contributed by atoms with Crippen molar-refractivity contribution in [1.29, 1.82) is 0 Å². The van der Waals surface area contributed by atoms with E-state index in [4.69, 9.17) is 32.2 Å². The van der Waals surface area contributed by atoms with Gasteiger partial charge in [-0.2, -0.15) is 0 Å². The molecule has 3 nitrogen and oxygen atoms in total. The van der Waals surface area contributed by atoms with Crippen LogP contribution in [0.25, 0.3) is 0 Å². The predicted molar refractivity (Wildman–Crippen MR) is 97.8 cm³/mol. The Morgan fingerprint density at radius 1 is 0.625 bits per heavy atom. The van der Waals surface area contributed by atoms with Gasteiger partial charge in [0.25, 0.3) is 0 Å². The minimum atomic E-state index is -3.63. The van der Waals surface area contributed by atoms with E-state index in [9.17, 15) is 4.57 Å². The maximum atomic E-state index is 13.4. The summed E-state index contributed by atoms with van der Waals surface area (Å²) in [5.74, 6) is 0.807. The number of hydrogen-bond donors (Lipinski definition) is 0. The Bertz CT molecular complexity index is 798. The molecule has 0 saturated carbocycles. The van der Waals surface area contributed by atoms with Crippen molar-refractivity contribution in [3.8, 4) is 11.5 Å². The maximum absolute atomic E-state index is 13.4. The van der Waals surface area contributed by atoms with Gasteiger partial charge in [0.2, 0.25) is 0 Å². The first kappa shape index (κ1) is 16.9. The fourth-order valence-corrected chi connectivity index (χ4v) is 3.84. The lowest BCUT2D eigenvalue weighted by molar-refractivity contribution is 0.399. The quantitative estimate of drug-likeness (QED) is 0.513. The molecule has 0 atom stereocenters. The van der Waals surface area contributed by atoms with Crippen molar-refractivity contribution >= 4 is 36.1 Å². The summed E-state index contributed by atoms with van der Waals surface area (Å²) in [6, 6.07) is 22.0. The highest BCUT2D eigenvalue weighted by atomic mass is 35.5. The lowest BCUT2D eigenvalue weighted by atomic mass is 10.3. The Hall–Kier alpha value is -1.93. The number of halogens is 2. The lowest BCUT2D eigenvalue weighted by Crippen LogP contribution is -2.14. The van der Waals surface area contributed by atoms with E-state index in [1.54, 1.807) is 72.8 Å². The fourth-order valence-electron chi connectivity index (χ4n) is 2.00. The molecule has 0 bridgehead atoms. The molecule has 0 spiro atoms. The second-order valence-electron chi connectivity index (χ2n) is 4.92. The monoisotopic (exact) mass is 378 g/mol. The van der Waals surface area contributed by atoms with E-state index in [2.05, 4.69) is 0 Å². The van der Waals surface area contributed by atoms with E-state index < -0.39 is 7.60 Å². The Morgan fingerprint density at radius 3 is 1.46 bits per heavy atom. The minimum Gasteiger partial charge on any atom is -0.413 e. The highest BCUT2D eigenvalue weighted by molar-refractivity contribution is 7.63. The van der Waals surface area contributed by atoms with Gasteiger partial charge in [0.15, 0.2) is 0 Å². The van der Waals surface area contributed by atoms with Gasteiger partial charge in [-0.05, 0) is 60.7 Å². The van der Waals surface area contributed by atoms with Gasteiger partial charge in [-0.3, -0.25) is 0 Å².